The van der Waals surface area contributed by atoms with Crippen molar-refractivity contribution in [2.45, 2.75) is 6.92 Å². The van der Waals surface area contributed by atoms with E-state index in [1.54, 1.807) is 0 Å². The maximum atomic E-state index is 5.88. The summed E-state index contributed by atoms with van der Waals surface area (Å²) < 4.78 is 0.928. The zero-order valence-corrected chi connectivity index (χ0v) is 9.77. The van der Waals surface area contributed by atoms with Gasteiger partial charge in [-0.2, -0.15) is 0 Å². The van der Waals surface area contributed by atoms with Crippen molar-refractivity contribution in [1.29, 1.82) is 0 Å². The molecule has 0 radical (unpaired) electrons. The van der Waals surface area contributed by atoms with E-state index in [1.165, 1.54) is 0 Å². The molecule has 0 saturated heterocycles. The third kappa shape index (κ3) is 2.64. The van der Waals surface area contributed by atoms with Gasteiger partial charge in [0, 0.05) is 0 Å². The molecule has 11 heavy (non-hydrogen) atoms. The molecule has 0 aliphatic carbocycles. The second-order valence-electron chi connectivity index (χ2n) is 2.31. The third-order valence-corrected chi connectivity index (χ3v) is 5.80. The first-order chi connectivity index (χ1) is 5.02. The number of rotatable bonds is 1. The summed E-state index contributed by atoms with van der Waals surface area (Å²) in [6.07, 6.45) is 0. The Morgan fingerprint density at radius 2 is 1.64 bits per heavy atom. The predicted molar refractivity (Wildman–Crippen MR) is 48.4 cm³/mol. The van der Waals surface area contributed by atoms with Gasteiger partial charge in [-0.05, 0) is 0 Å². The summed E-state index contributed by atoms with van der Waals surface area (Å²) >= 11 is -3.14. The van der Waals surface area contributed by atoms with Gasteiger partial charge >= 0.3 is 81.9 Å². The maximum absolute atomic E-state index is 5.88. The standard InChI is InChI=1S/C7H7.3ClH.Ti/c1-7-5-3-2-4-6-7;;;;/h2-5H,1H3;3*1H;/q;;;;+3/p-3. The Hall–Kier alpha value is 0.804. The summed E-state index contributed by atoms with van der Waals surface area (Å²) in [4.78, 5) is 0. The Balaban J connectivity index is 3.14. The molecule has 0 spiro atoms. The molecule has 0 N–H and O–H groups in total. The molecule has 4 heteroatoms. The molecular formula is C7H7Cl3Ti. The molecule has 0 atom stereocenters. The van der Waals surface area contributed by atoms with Gasteiger partial charge in [-0.25, -0.2) is 0 Å². The Kier molecular flexibility index (Phi) is 3.31. The van der Waals surface area contributed by atoms with Crippen molar-refractivity contribution in [3.63, 3.8) is 0 Å². The van der Waals surface area contributed by atoms with E-state index >= 15 is 0 Å². The molecule has 0 aliphatic heterocycles. The van der Waals surface area contributed by atoms with Crippen molar-refractivity contribution in [3.05, 3.63) is 29.8 Å². The van der Waals surface area contributed by atoms with Crippen molar-refractivity contribution in [3.8, 4) is 0 Å². The molecule has 0 heterocycles. The Morgan fingerprint density at radius 3 is 2.00 bits per heavy atom. The van der Waals surface area contributed by atoms with Crippen molar-refractivity contribution >= 4 is 31.8 Å². The number of aryl methyl sites for hydroxylation is 1. The molecule has 0 saturated carbocycles. The summed E-state index contributed by atoms with van der Waals surface area (Å²) in [6, 6.07) is 7.69. The van der Waals surface area contributed by atoms with Gasteiger partial charge < -0.3 is 0 Å². The number of hydrogen-bond donors (Lipinski definition) is 0. The second-order valence-corrected chi connectivity index (χ2v) is 14.1. The van der Waals surface area contributed by atoms with E-state index in [-0.39, 0.29) is 0 Å². The van der Waals surface area contributed by atoms with Gasteiger partial charge in [0.1, 0.15) is 0 Å². The molecule has 0 amide bonds. The molecule has 1 aromatic carbocycles. The van der Waals surface area contributed by atoms with Gasteiger partial charge in [-0.15, -0.1) is 0 Å². The molecular weight excluding hydrogens is 238 g/mol. The Labute approximate surface area is 81.4 Å². The summed E-state index contributed by atoms with van der Waals surface area (Å²) in [5.74, 6) is 0. The molecule has 1 rings (SSSR count). The van der Waals surface area contributed by atoms with Crippen LogP contribution in [0.3, 0.4) is 0 Å². The van der Waals surface area contributed by atoms with Gasteiger partial charge in [0.2, 0.25) is 0 Å². The van der Waals surface area contributed by atoms with Crippen LogP contribution in [0, 0.1) is 6.92 Å². The van der Waals surface area contributed by atoms with Crippen molar-refractivity contribution in [2.24, 2.45) is 0 Å². The average Bonchev–Trinajstić information content (AvgIpc) is 1.86. The molecule has 0 aromatic heterocycles. The minimum absolute atomic E-state index is 0.928. The van der Waals surface area contributed by atoms with E-state index in [0.717, 1.165) is 9.43 Å². The molecule has 0 nitrogen and oxygen atoms in total. The van der Waals surface area contributed by atoms with E-state index in [1.807, 2.05) is 31.2 Å². The first kappa shape index (κ1) is 9.89. The fraction of sp³-hybridized carbons (Fsp3) is 0.143. The van der Waals surface area contributed by atoms with E-state index in [9.17, 15) is 0 Å². The van der Waals surface area contributed by atoms with Crippen LogP contribution >= 0.6 is 27.9 Å². The summed E-state index contributed by atoms with van der Waals surface area (Å²) in [7, 11) is 17.6. The van der Waals surface area contributed by atoms with Crippen LogP contribution in [-0.4, -0.2) is 0 Å². The zero-order chi connectivity index (χ0) is 8.48. The quantitative estimate of drug-likeness (QED) is 0.666. The van der Waals surface area contributed by atoms with Crippen molar-refractivity contribution in [1.82, 2.24) is 0 Å². The average molecular weight is 245 g/mol. The first-order valence-electron chi connectivity index (χ1n) is 3.14. The normalized spacial score (nSPS) is 11.6. The molecule has 0 bridgehead atoms. The van der Waals surface area contributed by atoms with Crippen LogP contribution in [-0.2, 0) is 13.4 Å². The van der Waals surface area contributed by atoms with E-state index in [2.05, 4.69) is 0 Å². The van der Waals surface area contributed by atoms with Crippen LogP contribution < -0.4 is 3.87 Å². The van der Waals surface area contributed by atoms with Crippen molar-refractivity contribution < 1.29 is 13.4 Å². The van der Waals surface area contributed by atoms with Crippen LogP contribution in [0.15, 0.2) is 24.3 Å². The van der Waals surface area contributed by atoms with E-state index in [0.29, 0.717) is 0 Å². The second kappa shape index (κ2) is 3.68. The fourth-order valence-electron chi connectivity index (χ4n) is 0.891. The molecule has 60 valence electrons. The van der Waals surface area contributed by atoms with Crippen LogP contribution in [0.4, 0.5) is 0 Å². The van der Waals surface area contributed by atoms with Gasteiger partial charge in [0.15, 0.2) is 0 Å². The predicted octanol–water partition coefficient (Wildman–Crippen LogP) is 3.24. The summed E-state index contributed by atoms with van der Waals surface area (Å²) in [6.45, 7) is 1.96. The van der Waals surface area contributed by atoms with Crippen molar-refractivity contribution in [2.75, 3.05) is 0 Å². The molecule has 1 aromatic rings. The van der Waals surface area contributed by atoms with Crippen LogP contribution in [0.1, 0.15) is 5.56 Å². The Morgan fingerprint density at radius 1 is 1.09 bits per heavy atom. The minimum atomic E-state index is -3.14. The topological polar surface area (TPSA) is 0 Å². The first-order valence-corrected chi connectivity index (χ1v) is 10.4. The monoisotopic (exact) mass is 244 g/mol. The van der Waals surface area contributed by atoms with Gasteiger partial charge in [-0.1, -0.05) is 0 Å². The number of benzene rings is 1. The van der Waals surface area contributed by atoms with Crippen LogP contribution in [0.25, 0.3) is 0 Å². The summed E-state index contributed by atoms with van der Waals surface area (Å²) in [5, 5.41) is 0. The Bertz CT molecular complexity index is 254. The fourth-order valence-corrected chi connectivity index (χ4v) is 4.79. The SMILES string of the molecule is Cc1cccc[c]1[Ti]([Cl])([Cl])[Cl]. The van der Waals surface area contributed by atoms with E-state index in [4.69, 9.17) is 27.9 Å². The zero-order valence-electron chi connectivity index (χ0n) is 5.94. The van der Waals surface area contributed by atoms with Gasteiger partial charge in [0.05, 0.1) is 0 Å². The molecule has 0 unspecified atom stereocenters. The third-order valence-electron chi connectivity index (χ3n) is 1.45. The number of halogens is 3. The number of hydrogen-bond acceptors (Lipinski definition) is 0. The molecule has 0 aliphatic rings. The van der Waals surface area contributed by atoms with E-state index < -0.39 is 13.4 Å². The van der Waals surface area contributed by atoms with Gasteiger partial charge in [-0.3, -0.25) is 0 Å². The molecule has 0 fully saturated rings. The van der Waals surface area contributed by atoms with Crippen LogP contribution in [0.5, 0.6) is 0 Å². The summed E-state index contributed by atoms with van der Waals surface area (Å²) in [5.41, 5.74) is 1.08. The van der Waals surface area contributed by atoms with Crippen LogP contribution in [0.2, 0.25) is 0 Å². The van der Waals surface area contributed by atoms with Gasteiger partial charge in [0.25, 0.3) is 0 Å².